The second kappa shape index (κ2) is 8.05. The molecule has 1 amide bonds. The standard InChI is InChI=1S/C24H26N4O2/c1-17(29)28-10-9-18-5-4-8-22(24(18)28)26-23-15-19(16-27-11-13-30-14-12-27)20-6-2-3-7-21(20)25-23/h2-8,15H,9-14,16H2,1H3,(H,25,26). The molecule has 0 spiro atoms. The molecule has 2 aliphatic rings. The number of ether oxygens (including phenoxy) is 1. The number of nitrogens with zero attached hydrogens (tertiary/aromatic N) is 3. The first-order valence-electron chi connectivity index (χ1n) is 10.5. The van der Waals surface area contributed by atoms with Gasteiger partial charge in [0, 0.05) is 38.5 Å². The predicted octanol–water partition coefficient (Wildman–Crippen LogP) is 3.72. The first kappa shape index (κ1) is 19.0. The van der Waals surface area contributed by atoms with Gasteiger partial charge < -0.3 is 15.0 Å². The summed E-state index contributed by atoms with van der Waals surface area (Å²) in [6.07, 6.45) is 0.887. The number of benzene rings is 2. The van der Waals surface area contributed by atoms with Crippen molar-refractivity contribution in [2.75, 3.05) is 43.1 Å². The van der Waals surface area contributed by atoms with Crippen LogP contribution in [0.2, 0.25) is 0 Å². The summed E-state index contributed by atoms with van der Waals surface area (Å²) >= 11 is 0. The number of rotatable bonds is 4. The van der Waals surface area contributed by atoms with Crippen LogP contribution in [0.4, 0.5) is 17.2 Å². The van der Waals surface area contributed by atoms with Gasteiger partial charge in [-0.05, 0) is 35.7 Å². The van der Waals surface area contributed by atoms with E-state index in [9.17, 15) is 4.79 Å². The van der Waals surface area contributed by atoms with Gasteiger partial charge in [-0.1, -0.05) is 30.3 Å². The number of morpholine rings is 1. The maximum absolute atomic E-state index is 12.1. The number of pyridine rings is 1. The summed E-state index contributed by atoms with van der Waals surface area (Å²) in [6, 6.07) is 16.6. The van der Waals surface area contributed by atoms with E-state index >= 15 is 0 Å². The number of carbonyl (C=O) groups is 1. The summed E-state index contributed by atoms with van der Waals surface area (Å²) in [5.74, 6) is 0.878. The molecule has 30 heavy (non-hydrogen) atoms. The Bertz CT molecular complexity index is 1090. The summed E-state index contributed by atoms with van der Waals surface area (Å²) in [5.41, 5.74) is 5.34. The van der Waals surface area contributed by atoms with Crippen molar-refractivity contribution in [3.8, 4) is 0 Å². The largest absolute Gasteiger partial charge is 0.379 e. The maximum atomic E-state index is 12.1. The van der Waals surface area contributed by atoms with Gasteiger partial charge in [0.25, 0.3) is 0 Å². The molecule has 0 radical (unpaired) electrons. The Labute approximate surface area is 176 Å². The molecule has 0 saturated carbocycles. The molecule has 5 rings (SSSR count). The van der Waals surface area contributed by atoms with Gasteiger partial charge in [0.2, 0.25) is 5.91 Å². The van der Waals surface area contributed by atoms with E-state index in [0.29, 0.717) is 0 Å². The van der Waals surface area contributed by atoms with Crippen LogP contribution in [0.5, 0.6) is 0 Å². The molecule has 3 aromatic rings. The van der Waals surface area contributed by atoms with E-state index in [0.717, 1.165) is 68.5 Å². The molecule has 0 aliphatic carbocycles. The quantitative estimate of drug-likeness (QED) is 0.721. The Morgan fingerprint density at radius 3 is 2.77 bits per heavy atom. The molecule has 1 N–H and O–H groups in total. The first-order valence-corrected chi connectivity index (χ1v) is 10.5. The van der Waals surface area contributed by atoms with Crippen molar-refractivity contribution < 1.29 is 9.53 Å². The fourth-order valence-corrected chi connectivity index (χ4v) is 4.45. The normalized spacial score (nSPS) is 16.6. The first-order chi connectivity index (χ1) is 14.7. The Morgan fingerprint density at radius 2 is 1.93 bits per heavy atom. The van der Waals surface area contributed by atoms with Crippen LogP contribution in [0.3, 0.4) is 0 Å². The molecule has 0 unspecified atom stereocenters. The third-order valence-corrected chi connectivity index (χ3v) is 5.94. The van der Waals surface area contributed by atoms with E-state index in [4.69, 9.17) is 9.72 Å². The van der Waals surface area contributed by atoms with Crippen molar-refractivity contribution in [1.29, 1.82) is 0 Å². The van der Waals surface area contributed by atoms with Crippen LogP contribution in [-0.2, 0) is 22.5 Å². The van der Waals surface area contributed by atoms with Crippen LogP contribution in [0.1, 0.15) is 18.1 Å². The van der Waals surface area contributed by atoms with Gasteiger partial charge in [-0.25, -0.2) is 4.98 Å². The molecular formula is C24H26N4O2. The highest BCUT2D eigenvalue weighted by Crippen LogP contribution is 2.37. The molecule has 1 fully saturated rings. The van der Waals surface area contributed by atoms with Crippen LogP contribution in [0.15, 0.2) is 48.5 Å². The third-order valence-electron chi connectivity index (χ3n) is 5.94. The average Bonchev–Trinajstić information content (AvgIpc) is 3.20. The zero-order valence-electron chi connectivity index (χ0n) is 17.2. The molecule has 2 aromatic carbocycles. The fraction of sp³-hybridized carbons (Fsp3) is 0.333. The molecule has 6 nitrogen and oxygen atoms in total. The smallest absolute Gasteiger partial charge is 0.223 e. The minimum Gasteiger partial charge on any atom is -0.379 e. The van der Waals surface area contributed by atoms with Crippen molar-refractivity contribution >= 4 is 34.0 Å². The highest BCUT2D eigenvalue weighted by molar-refractivity contribution is 5.98. The van der Waals surface area contributed by atoms with Crippen LogP contribution in [0, 0.1) is 0 Å². The van der Waals surface area contributed by atoms with E-state index in [1.54, 1.807) is 6.92 Å². The van der Waals surface area contributed by atoms with Gasteiger partial charge in [-0.3, -0.25) is 9.69 Å². The van der Waals surface area contributed by atoms with Crippen molar-refractivity contribution in [2.24, 2.45) is 0 Å². The van der Waals surface area contributed by atoms with E-state index in [1.807, 2.05) is 23.1 Å². The Morgan fingerprint density at radius 1 is 1.10 bits per heavy atom. The molecule has 154 valence electrons. The summed E-state index contributed by atoms with van der Waals surface area (Å²) in [4.78, 5) is 21.3. The number of nitrogens with one attached hydrogen (secondary N) is 1. The molecule has 1 saturated heterocycles. The highest BCUT2D eigenvalue weighted by Gasteiger charge is 2.25. The molecule has 3 heterocycles. The number of aromatic nitrogens is 1. The number of anilines is 3. The van der Waals surface area contributed by atoms with E-state index in [2.05, 4.69) is 40.5 Å². The van der Waals surface area contributed by atoms with Crippen LogP contribution < -0.4 is 10.2 Å². The predicted molar refractivity (Wildman–Crippen MR) is 119 cm³/mol. The van der Waals surface area contributed by atoms with Crippen molar-refractivity contribution in [1.82, 2.24) is 9.88 Å². The van der Waals surface area contributed by atoms with Gasteiger partial charge in [-0.15, -0.1) is 0 Å². The number of fused-ring (bicyclic) bond motifs is 2. The van der Waals surface area contributed by atoms with Gasteiger partial charge >= 0.3 is 0 Å². The zero-order valence-corrected chi connectivity index (χ0v) is 17.2. The lowest BCUT2D eigenvalue weighted by molar-refractivity contribution is -0.116. The van der Waals surface area contributed by atoms with Gasteiger partial charge in [0.05, 0.1) is 30.1 Å². The monoisotopic (exact) mass is 402 g/mol. The van der Waals surface area contributed by atoms with E-state index in [-0.39, 0.29) is 5.91 Å². The summed E-state index contributed by atoms with van der Waals surface area (Å²) in [6.45, 7) is 6.68. The van der Waals surface area contributed by atoms with Gasteiger partial charge in [0.15, 0.2) is 0 Å². The second-order valence-corrected chi connectivity index (χ2v) is 7.93. The van der Waals surface area contributed by atoms with E-state index < -0.39 is 0 Å². The summed E-state index contributed by atoms with van der Waals surface area (Å²) in [5, 5.41) is 4.69. The number of para-hydroxylation sites is 2. The molecule has 0 bridgehead atoms. The second-order valence-electron chi connectivity index (χ2n) is 7.93. The number of amides is 1. The third kappa shape index (κ3) is 3.64. The topological polar surface area (TPSA) is 57.7 Å². The Hall–Kier alpha value is -2.96. The number of hydrogen-bond donors (Lipinski definition) is 1. The SMILES string of the molecule is CC(=O)N1CCc2cccc(Nc3cc(CN4CCOCC4)c4ccccc4n3)c21. The molecule has 0 atom stereocenters. The molecule has 1 aromatic heterocycles. The summed E-state index contributed by atoms with van der Waals surface area (Å²) < 4.78 is 5.50. The molecular weight excluding hydrogens is 376 g/mol. The highest BCUT2D eigenvalue weighted by atomic mass is 16.5. The van der Waals surface area contributed by atoms with Gasteiger partial charge in [-0.2, -0.15) is 0 Å². The molecule has 6 heteroatoms. The van der Waals surface area contributed by atoms with Crippen molar-refractivity contribution in [3.63, 3.8) is 0 Å². The van der Waals surface area contributed by atoms with Crippen molar-refractivity contribution in [2.45, 2.75) is 19.9 Å². The number of hydrogen-bond acceptors (Lipinski definition) is 5. The minimum absolute atomic E-state index is 0.0717. The minimum atomic E-state index is 0.0717. The fourth-order valence-electron chi connectivity index (χ4n) is 4.45. The summed E-state index contributed by atoms with van der Waals surface area (Å²) in [7, 11) is 0. The lowest BCUT2D eigenvalue weighted by atomic mass is 10.1. The maximum Gasteiger partial charge on any atom is 0.223 e. The van der Waals surface area contributed by atoms with E-state index in [1.165, 1.54) is 16.5 Å². The Kier molecular flexibility index (Phi) is 5.11. The average molecular weight is 402 g/mol. The zero-order chi connectivity index (χ0) is 20.5. The Balaban J connectivity index is 1.51. The lowest BCUT2D eigenvalue weighted by Gasteiger charge is -2.27. The van der Waals surface area contributed by atoms with Crippen molar-refractivity contribution in [3.05, 3.63) is 59.7 Å². The number of carbonyl (C=O) groups excluding carboxylic acids is 1. The lowest BCUT2D eigenvalue weighted by Crippen LogP contribution is -2.35. The van der Waals surface area contributed by atoms with Crippen LogP contribution in [0.25, 0.3) is 10.9 Å². The molecule has 2 aliphatic heterocycles. The van der Waals surface area contributed by atoms with Gasteiger partial charge in [0.1, 0.15) is 5.82 Å². The van der Waals surface area contributed by atoms with Crippen LogP contribution in [-0.4, -0.2) is 48.6 Å². The van der Waals surface area contributed by atoms with Crippen LogP contribution >= 0.6 is 0 Å².